The third kappa shape index (κ3) is 9.06. The maximum Gasteiger partial charge on any atom is 0.325 e. The van der Waals surface area contributed by atoms with Crippen molar-refractivity contribution in [1.82, 2.24) is 10.6 Å². The summed E-state index contributed by atoms with van der Waals surface area (Å²) in [7, 11) is 0. The number of nitrogens with one attached hydrogen (secondary N) is 2. The van der Waals surface area contributed by atoms with Gasteiger partial charge in [-0.2, -0.15) is 0 Å². The van der Waals surface area contributed by atoms with Gasteiger partial charge in [-0.05, 0) is 59.9 Å². The van der Waals surface area contributed by atoms with E-state index in [0.717, 1.165) is 18.1 Å². The van der Waals surface area contributed by atoms with Gasteiger partial charge in [0.25, 0.3) is 5.91 Å². The molecule has 0 aliphatic carbocycles. The molecular formula is C28H29Cl2F2N3O3. The molecule has 0 bridgehead atoms. The van der Waals surface area contributed by atoms with Crippen LogP contribution in [0.25, 0.3) is 0 Å². The maximum atomic E-state index is 13.7. The van der Waals surface area contributed by atoms with Crippen LogP contribution in [0, 0.1) is 11.6 Å². The molecule has 4 N–H and O–H groups in total. The van der Waals surface area contributed by atoms with Crippen LogP contribution in [0.2, 0.25) is 10.0 Å². The SMILES string of the molecule is CCc1cccc(CNC[C@@H](OC(=O)CNC(=O)c2ccc(Cl)c(Cl)c2)[C@@H](N)Cc2cc(F)cc(F)c2)c1. The zero-order valence-electron chi connectivity index (χ0n) is 20.8. The van der Waals surface area contributed by atoms with Crippen molar-refractivity contribution >= 4 is 35.1 Å². The fourth-order valence-electron chi connectivity index (χ4n) is 3.83. The maximum absolute atomic E-state index is 13.7. The summed E-state index contributed by atoms with van der Waals surface area (Å²) in [6, 6.07) is 14.7. The van der Waals surface area contributed by atoms with Crippen LogP contribution >= 0.6 is 23.2 Å². The number of nitrogens with two attached hydrogens (primary N) is 1. The molecule has 0 saturated carbocycles. The smallest absolute Gasteiger partial charge is 0.325 e. The van der Waals surface area contributed by atoms with Gasteiger partial charge in [0, 0.05) is 30.8 Å². The molecule has 1 amide bonds. The van der Waals surface area contributed by atoms with Crippen LogP contribution < -0.4 is 16.4 Å². The molecule has 3 rings (SSSR count). The molecule has 2 atom stereocenters. The van der Waals surface area contributed by atoms with Crippen molar-refractivity contribution < 1.29 is 23.1 Å². The summed E-state index contributed by atoms with van der Waals surface area (Å²) in [5.74, 6) is -2.70. The third-order valence-corrected chi connectivity index (χ3v) is 6.54. The van der Waals surface area contributed by atoms with Gasteiger partial charge in [-0.25, -0.2) is 8.78 Å². The van der Waals surface area contributed by atoms with E-state index in [4.69, 9.17) is 33.7 Å². The predicted octanol–water partition coefficient (Wildman–Crippen LogP) is 4.84. The molecule has 0 fully saturated rings. The van der Waals surface area contributed by atoms with Gasteiger partial charge < -0.3 is 21.1 Å². The number of carbonyl (C=O) groups is 2. The Morgan fingerprint density at radius 2 is 1.66 bits per heavy atom. The van der Waals surface area contributed by atoms with E-state index in [1.807, 2.05) is 18.2 Å². The second-order valence-electron chi connectivity index (χ2n) is 8.79. The number of hydrogen-bond acceptors (Lipinski definition) is 5. The average Bonchev–Trinajstić information content (AvgIpc) is 2.87. The summed E-state index contributed by atoms with van der Waals surface area (Å²) in [5.41, 5.74) is 9.12. The van der Waals surface area contributed by atoms with E-state index < -0.39 is 42.2 Å². The lowest BCUT2D eigenvalue weighted by molar-refractivity contribution is -0.148. The van der Waals surface area contributed by atoms with E-state index >= 15 is 0 Å². The van der Waals surface area contributed by atoms with Crippen LogP contribution in [-0.4, -0.2) is 37.1 Å². The van der Waals surface area contributed by atoms with E-state index in [9.17, 15) is 18.4 Å². The van der Waals surface area contributed by atoms with Crippen LogP contribution in [-0.2, 0) is 28.9 Å². The van der Waals surface area contributed by atoms with Gasteiger partial charge in [0.1, 0.15) is 24.3 Å². The topological polar surface area (TPSA) is 93.5 Å². The van der Waals surface area contributed by atoms with Gasteiger partial charge >= 0.3 is 5.97 Å². The highest BCUT2D eigenvalue weighted by Gasteiger charge is 2.23. The molecule has 0 aliphatic heterocycles. The summed E-state index contributed by atoms with van der Waals surface area (Å²) in [5, 5.41) is 6.21. The van der Waals surface area contributed by atoms with E-state index in [2.05, 4.69) is 23.6 Å². The molecule has 3 aromatic rings. The van der Waals surface area contributed by atoms with Gasteiger partial charge in [-0.3, -0.25) is 9.59 Å². The number of esters is 1. The Morgan fingerprint density at radius 1 is 0.947 bits per heavy atom. The molecule has 0 saturated heterocycles. The number of carbonyl (C=O) groups excluding carboxylic acids is 2. The van der Waals surface area contributed by atoms with E-state index in [1.54, 1.807) is 0 Å². The fourth-order valence-corrected chi connectivity index (χ4v) is 4.13. The van der Waals surface area contributed by atoms with Crippen molar-refractivity contribution in [3.63, 3.8) is 0 Å². The summed E-state index contributed by atoms with van der Waals surface area (Å²) < 4.78 is 32.9. The minimum absolute atomic E-state index is 0.0647. The van der Waals surface area contributed by atoms with Gasteiger partial charge in [0.15, 0.2) is 0 Å². The molecule has 0 aliphatic rings. The Bertz CT molecular complexity index is 1260. The number of amides is 1. The highest BCUT2D eigenvalue weighted by molar-refractivity contribution is 6.42. The number of ether oxygens (including phenoxy) is 1. The lowest BCUT2D eigenvalue weighted by Crippen LogP contribution is -2.47. The number of halogens is 4. The molecule has 0 heterocycles. The minimum atomic E-state index is -0.843. The van der Waals surface area contributed by atoms with Gasteiger partial charge in [-0.15, -0.1) is 0 Å². The fraction of sp³-hybridized carbons (Fsp3) is 0.286. The van der Waals surface area contributed by atoms with E-state index in [-0.39, 0.29) is 23.6 Å². The number of benzene rings is 3. The Balaban J connectivity index is 1.63. The second kappa shape index (κ2) is 14.2. The van der Waals surface area contributed by atoms with E-state index in [0.29, 0.717) is 17.1 Å². The molecule has 0 unspecified atom stereocenters. The molecular weight excluding hydrogens is 535 g/mol. The predicted molar refractivity (Wildman–Crippen MR) is 144 cm³/mol. The molecule has 0 radical (unpaired) electrons. The quantitative estimate of drug-likeness (QED) is 0.274. The molecule has 202 valence electrons. The van der Waals surface area contributed by atoms with Crippen LogP contribution in [0.4, 0.5) is 8.78 Å². The summed E-state index contributed by atoms with van der Waals surface area (Å²) in [6.07, 6.45) is 0.122. The molecule has 6 nitrogen and oxygen atoms in total. The zero-order valence-corrected chi connectivity index (χ0v) is 22.3. The summed E-state index contributed by atoms with van der Waals surface area (Å²) in [6.45, 7) is 2.32. The first-order valence-electron chi connectivity index (χ1n) is 12.1. The van der Waals surface area contributed by atoms with Gasteiger partial charge in [0.2, 0.25) is 0 Å². The summed E-state index contributed by atoms with van der Waals surface area (Å²) in [4.78, 5) is 25.0. The van der Waals surface area contributed by atoms with Crippen LogP contribution in [0.1, 0.15) is 34.0 Å². The Kier molecular flexibility index (Phi) is 11.0. The summed E-state index contributed by atoms with van der Waals surface area (Å²) >= 11 is 11.8. The van der Waals surface area contributed by atoms with Crippen LogP contribution in [0.3, 0.4) is 0 Å². The molecule has 38 heavy (non-hydrogen) atoms. The highest BCUT2D eigenvalue weighted by atomic mass is 35.5. The van der Waals surface area contributed by atoms with Gasteiger partial charge in [0.05, 0.1) is 10.0 Å². The monoisotopic (exact) mass is 563 g/mol. The van der Waals surface area contributed by atoms with Crippen LogP contribution in [0.5, 0.6) is 0 Å². The lowest BCUT2D eigenvalue weighted by Gasteiger charge is -2.25. The Morgan fingerprint density at radius 3 is 2.34 bits per heavy atom. The molecule has 10 heteroatoms. The first kappa shape index (κ1) is 29.5. The lowest BCUT2D eigenvalue weighted by atomic mass is 10.0. The average molecular weight is 564 g/mol. The largest absolute Gasteiger partial charge is 0.458 e. The Labute approximate surface area is 230 Å². The van der Waals surface area contributed by atoms with Crippen molar-refractivity contribution in [2.24, 2.45) is 5.73 Å². The zero-order chi connectivity index (χ0) is 27.7. The van der Waals surface area contributed by atoms with Crippen molar-refractivity contribution in [3.8, 4) is 0 Å². The van der Waals surface area contributed by atoms with Crippen LogP contribution in [0.15, 0.2) is 60.7 Å². The molecule has 0 aromatic heterocycles. The minimum Gasteiger partial charge on any atom is -0.458 e. The first-order valence-corrected chi connectivity index (χ1v) is 12.8. The van der Waals surface area contributed by atoms with Gasteiger partial charge in [-0.1, -0.05) is 54.4 Å². The first-order chi connectivity index (χ1) is 18.1. The van der Waals surface area contributed by atoms with E-state index in [1.165, 1.54) is 35.9 Å². The number of rotatable bonds is 12. The van der Waals surface area contributed by atoms with Crippen molar-refractivity contribution in [1.29, 1.82) is 0 Å². The Hall–Kier alpha value is -3.04. The highest BCUT2D eigenvalue weighted by Crippen LogP contribution is 2.22. The van der Waals surface area contributed by atoms with Crippen molar-refractivity contribution in [2.75, 3.05) is 13.1 Å². The number of aryl methyl sites for hydroxylation is 1. The van der Waals surface area contributed by atoms with Crippen molar-refractivity contribution in [3.05, 3.63) is 105 Å². The third-order valence-electron chi connectivity index (χ3n) is 5.80. The standard InChI is InChI=1S/C28H29Cl2F2N3O3/c1-2-17-4-3-5-18(8-17)14-34-15-26(25(33)11-19-9-21(31)13-22(32)10-19)38-27(36)16-35-28(37)20-6-7-23(29)24(30)12-20/h3-10,12-13,25-26,34H,2,11,14-16,33H2,1H3,(H,35,37)/t25-,26+/m0/s1. The molecule has 3 aromatic carbocycles. The molecule has 0 spiro atoms. The second-order valence-corrected chi connectivity index (χ2v) is 9.60. The normalized spacial score (nSPS) is 12.6. The van der Waals surface area contributed by atoms with Crippen molar-refractivity contribution in [2.45, 2.75) is 38.5 Å². The number of hydrogen-bond donors (Lipinski definition) is 3.